The molecule has 102 valence electrons. The van der Waals surface area contributed by atoms with Gasteiger partial charge in [-0.2, -0.15) is 4.98 Å². The number of aliphatic hydroxyl groups is 1. The third kappa shape index (κ3) is 3.76. The first kappa shape index (κ1) is 13.5. The quantitative estimate of drug-likeness (QED) is 0.723. The van der Waals surface area contributed by atoms with Crippen LogP contribution >= 0.6 is 0 Å². The molecular weight excluding hydrogens is 232 g/mol. The maximum Gasteiger partial charge on any atom is 0.240 e. The van der Waals surface area contributed by atoms with Crippen molar-refractivity contribution in [1.29, 1.82) is 0 Å². The highest BCUT2D eigenvalue weighted by molar-refractivity contribution is 4.87. The summed E-state index contributed by atoms with van der Waals surface area (Å²) in [6, 6.07) is 0.519. The van der Waals surface area contributed by atoms with Crippen LogP contribution < -0.4 is 5.32 Å². The number of aryl methyl sites for hydroxylation is 1. The Kier molecular flexibility index (Phi) is 5.10. The van der Waals surface area contributed by atoms with E-state index in [1.807, 2.05) is 6.92 Å². The van der Waals surface area contributed by atoms with E-state index in [0.717, 1.165) is 25.3 Å². The van der Waals surface area contributed by atoms with Crippen molar-refractivity contribution >= 4 is 0 Å². The summed E-state index contributed by atoms with van der Waals surface area (Å²) in [4.78, 5) is 6.47. The molecule has 2 rings (SSSR count). The molecule has 1 aromatic heterocycles. The predicted octanol–water partition coefficient (Wildman–Crippen LogP) is 0.178. The molecule has 2 N–H and O–H groups in total. The zero-order valence-corrected chi connectivity index (χ0v) is 10.9. The van der Waals surface area contributed by atoms with Crippen molar-refractivity contribution in [2.24, 2.45) is 0 Å². The van der Waals surface area contributed by atoms with Crippen molar-refractivity contribution in [2.45, 2.75) is 38.8 Å². The Morgan fingerprint density at radius 3 is 3.06 bits per heavy atom. The van der Waals surface area contributed by atoms with Crippen LogP contribution in [0.1, 0.15) is 31.5 Å². The first-order valence-electron chi connectivity index (χ1n) is 6.70. The Morgan fingerprint density at radius 2 is 2.44 bits per heavy atom. The van der Waals surface area contributed by atoms with Crippen molar-refractivity contribution < 1.29 is 9.63 Å². The molecule has 0 bridgehead atoms. The smallest absolute Gasteiger partial charge is 0.240 e. The number of hydrogen-bond donors (Lipinski definition) is 2. The zero-order chi connectivity index (χ0) is 12.8. The Labute approximate surface area is 107 Å². The SMILES string of the molecule is CCc1noc(CN(CCO)CC2CCCN2)n1. The van der Waals surface area contributed by atoms with Crippen LogP contribution in [0.25, 0.3) is 0 Å². The lowest BCUT2D eigenvalue weighted by molar-refractivity contribution is 0.163. The molecule has 2 heterocycles. The van der Waals surface area contributed by atoms with Gasteiger partial charge >= 0.3 is 0 Å². The molecule has 1 atom stereocenters. The fourth-order valence-electron chi connectivity index (χ4n) is 2.29. The van der Waals surface area contributed by atoms with Crippen molar-refractivity contribution in [3.05, 3.63) is 11.7 Å². The van der Waals surface area contributed by atoms with Gasteiger partial charge in [0.15, 0.2) is 5.82 Å². The third-order valence-corrected chi connectivity index (χ3v) is 3.24. The van der Waals surface area contributed by atoms with Crippen LogP contribution in [0.3, 0.4) is 0 Å². The standard InChI is InChI=1S/C12H22N4O2/c1-2-11-14-12(18-15-11)9-16(6-7-17)8-10-4-3-5-13-10/h10,13,17H,2-9H2,1H3. The Hall–Kier alpha value is -0.980. The topological polar surface area (TPSA) is 74.4 Å². The van der Waals surface area contributed by atoms with Gasteiger partial charge in [0.05, 0.1) is 13.2 Å². The van der Waals surface area contributed by atoms with Crippen LogP contribution in [0.4, 0.5) is 0 Å². The number of nitrogens with one attached hydrogen (secondary N) is 1. The number of aliphatic hydroxyl groups excluding tert-OH is 1. The normalized spacial score (nSPS) is 19.8. The minimum Gasteiger partial charge on any atom is -0.395 e. The van der Waals surface area contributed by atoms with Crippen LogP contribution in [0.15, 0.2) is 4.52 Å². The van der Waals surface area contributed by atoms with E-state index in [2.05, 4.69) is 20.4 Å². The highest BCUT2D eigenvalue weighted by Crippen LogP contribution is 2.09. The minimum absolute atomic E-state index is 0.154. The molecule has 1 aromatic rings. The highest BCUT2D eigenvalue weighted by atomic mass is 16.5. The molecule has 0 aliphatic carbocycles. The van der Waals surface area contributed by atoms with Crippen molar-refractivity contribution in [2.75, 3.05) is 26.2 Å². The molecule has 18 heavy (non-hydrogen) atoms. The second-order valence-electron chi connectivity index (χ2n) is 4.71. The summed E-state index contributed by atoms with van der Waals surface area (Å²) in [5.74, 6) is 1.38. The van der Waals surface area contributed by atoms with E-state index in [-0.39, 0.29) is 6.61 Å². The van der Waals surface area contributed by atoms with Crippen LogP contribution in [0.5, 0.6) is 0 Å². The van der Waals surface area contributed by atoms with Crippen molar-refractivity contribution in [1.82, 2.24) is 20.4 Å². The zero-order valence-electron chi connectivity index (χ0n) is 10.9. The number of nitrogens with zero attached hydrogens (tertiary/aromatic N) is 3. The molecule has 0 aromatic carbocycles. The van der Waals surface area contributed by atoms with E-state index in [1.54, 1.807) is 0 Å². The summed E-state index contributed by atoms with van der Waals surface area (Å²) in [5, 5.41) is 16.5. The molecule has 1 fully saturated rings. The lowest BCUT2D eigenvalue weighted by Crippen LogP contribution is -2.38. The fraction of sp³-hybridized carbons (Fsp3) is 0.833. The van der Waals surface area contributed by atoms with Gasteiger partial charge in [0.25, 0.3) is 0 Å². The molecule has 1 aliphatic heterocycles. The maximum absolute atomic E-state index is 9.11. The van der Waals surface area contributed by atoms with E-state index in [1.165, 1.54) is 12.8 Å². The largest absolute Gasteiger partial charge is 0.395 e. The summed E-state index contributed by atoms with van der Waals surface area (Å²) >= 11 is 0. The summed E-state index contributed by atoms with van der Waals surface area (Å²) in [5.41, 5.74) is 0. The van der Waals surface area contributed by atoms with Crippen molar-refractivity contribution in [3.63, 3.8) is 0 Å². The van der Waals surface area contributed by atoms with Gasteiger partial charge in [0, 0.05) is 25.6 Å². The molecule has 1 aliphatic rings. The van der Waals surface area contributed by atoms with Gasteiger partial charge in [-0.25, -0.2) is 0 Å². The summed E-state index contributed by atoms with van der Waals surface area (Å²) in [6.07, 6.45) is 3.22. The van der Waals surface area contributed by atoms with Crippen LogP contribution in [-0.2, 0) is 13.0 Å². The van der Waals surface area contributed by atoms with Gasteiger partial charge in [-0.05, 0) is 19.4 Å². The van der Waals surface area contributed by atoms with Gasteiger partial charge in [-0.3, -0.25) is 4.90 Å². The Balaban J connectivity index is 1.87. The summed E-state index contributed by atoms with van der Waals surface area (Å²) in [6.45, 7) is 5.43. The lowest BCUT2D eigenvalue weighted by Gasteiger charge is -2.23. The molecule has 1 unspecified atom stereocenters. The number of hydrogen-bond acceptors (Lipinski definition) is 6. The van der Waals surface area contributed by atoms with Gasteiger partial charge in [0.1, 0.15) is 0 Å². The number of rotatable bonds is 7. The average molecular weight is 254 g/mol. The molecular formula is C12H22N4O2. The van der Waals surface area contributed by atoms with E-state index in [4.69, 9.17) is 9.63 Å². The van der Waals surface area contributed by atoms with Crippen LogP contribution in [-0.4, -0.2) is 52.4 Å². The van der Waals surface area contributed by atoms with Crippen molar-refractivity contribution in [3.8, 4) is 0 Å². The second kappa shape index (κ2) is 6.82. The molecule has 0 saturated carbocycles. The first-order chi connectivity index (χ1) is 8.81. The first-order valence-corrected chi connectivity index (χ1v) is 6.70. The Morgan fingerprint density at radius 1 is 1.56 bits per heavy atom. The van der Waals surface area contributed by atoms with Gasteiger partial charge in [-0.1, -0.05) is 12.1 Å². The van der Waals surface area contributed by atoms with Gasteiger partial charge in [-0.15, -0.1) is 0 Å². The third-order valence-electron chi connectivity index (χ3n) is 3.24. The monoisotopic (exact) mass is 254 g/mol. The van der Waals surface area contributed by atoms with Gasteiger partial charge < -0.3 is 14.9 Å². The summed E-state index contributed by atoms with van der Waals surface area (Å²) < 4.78 is 5.19. The minimum atomic E-state index is 0.154. The Bertz CT molecular complexity index is 350. The van der Waals surface area contributed by atoms with E-state index < -0.39 is 0 Å². The molecule has 1 saturated heterocycles. The molecule has 6 heteroatoms. The average Bonchev–Trinajstić information content (AvgIpc) is 3.00. The molecule has 0 radical (unpaired) electrons. The predicted molar refractivity (Wildman–Crippen MR) is 67.1 cm³/mol. The molecule has 0 amide bonds. The van der Waals surface area contributed by atoms with Crippen LogP contribution in [0.2, 0.25) is 0 Å². The van der Waals surface area contributed by atoms with E-state index >= 15 is 0 Å². The van der Waals surface area contributed by atoms with Gasteiger partial charge in [0.2, 0.25) is 5.89 Å². The van der Waals surface area contributed by atoms with E-state index in [0.29, 0.717) is 25.0 Å². The number of aromatic nitrogens is 2. The fourth-order valence-corrected chi connectivity index (χ4v) is 2.29. The van der Waals surface area contributed by atoms with Crippen LogP contribution in [0, 0.1) is 0 Å². The maximum atomic E-state index is 9.11. The van der Waals surface area contributed by atoms with E-state index in [9.17, 15) is 0 Å². The molecule has 0 spiro atoms. The second-order valence-corrected chi connectivity index (χ2v) is 4.71. The lowest BCUT2D eigenvalue weighted by atomic mass is 10.2. The highest BCUT2D eigenvalue weighted by Gasteiger charge is 2.19. The molecule has 6 nitrogen and oxygen atoms in total. The summed E-state index contributed by atoms with van der Waals surface area (Å²) in [7, 11) is 0.